The fraction of sp³-hybridized carbons (Fsp3) is 0.800. The minimum Gasteiger partial charge on any atom is -0.393 e. The summed E-state index contributed by atoms with van der Waals surface area (Å²) in [4.78, 5) is 0. The van der Waals surface area contributed by atoms with E-state index in [1.54, 1.807) is 11.1 Å². The highest BCUT2D eigenvalue weighted by Gasteiger charge is 2.55. The van der Waals surface area contributed by atoms with Crippen LogP contribution in [-0.4, -0.2) is 15.6 Å². The molecule has 0 spiro atoms. The number of alkyl halides is 1. The van der Waals surface area contributed by atoms with Gasteiger partial charge in [-0.2, -0.15) is 0 Å². The fourth-order valence-electron chi connectivity index (χ4n) is 5.99. The van der Waals surface area contributed by atoms with Crippen molar-refractivity contribution in [3.05, 3.63) is 23.8 Å². The van der Waals surface area contributed by atoms with Gasteiger partial charge in [-0.15, -0.1) is 6.58 Å². The highest BCUT2D eigenvalue weighted by Crippen LogP contribution is 2.63. The van der Waals surface area contributed by atoms with Crippen molar-refractivity contribution < 1.29 is 5.11 Å². The lowest BCUT2D eigenvalue weighted by Crippen LogP contribution is -2.52. The Morgan fingerprint density at radius 1 is 1.27 bits per heavy atom. The first-order valence-corrected chi connectivity index (χ1v) is 10.4. The number of halogens is 1. The van der Waals surface area contributed by atoms with E-state index in [0.717, 1.165) is 23.2 Å². The van der Waals surface area contributed by atoms with Crippen LogP contribution in [0.1, 0.15) is 65.7 Å². The third-order valence-electron chi connectivity index (χ3n) is 7.18. The number of aliphatic hydroxyl groups excluding tert-OH is 1. The normalized spacial score (nSPS) is 48.6. The van der Waals surface area contributed by atoms with Crippen molar-refractivity contribution >= 4 is 22.6 Å². The van der Waals surface area contributed by atoms with Gasteiger partial charge in [0.2, 0.25) is 0 Å². The predicted molar refractivity (Wildman–Crippen MR) is 102 cm³/mol. The number of allylic oxidation sites excluding steroid dienone is 3. The van der Waals surface area contributed by atoms with Gasteiger partial charge < -0.3 is 5.11 Å². The first kappa shape index (κ1) is 17.0. The summed E-state index contributed by atoms with van der Waals surface area (Å²) in [5, 5.41) is 10.6. The van der Waals surface area contributed by atoms with Gasteiger partial charge in [-0.3, -0.25) is 0 Å². The van der Waals surface area contributed by atoms with Crippen molar-refractivity contribution in [2.24, 2.45) is 22.2 Å². The van der Waals surface area contributed by atoms with E-state index >= 15 is 0 Å². The van der Waals surface area contributed by atoms with Crippen LogP contribution in [-0.2, 0) is 0 Å². The molecule has 22 heavy (non-hydrogen) atoms. The van der Waals surface area contributed by atoms with Gasteiger partial charge in [0, 0.05) is 4.43 Å². The molecule has 5 unspecified atom stereocenters. The molecule has 124 valence electrons. The number of aliphatic hydroxyl groups is 1. The molecular weight excluding hydrogens is 383 g/mol. The second-order valence-corrected chi connectivity index (χ2v) is 9.74. The highest BCUT2D eigenvalue weighted by molar-refractivity contribution is 14.1. The Balaban J connectivity index is 2.01. The van der Waals surface area contributed by atoms with E-state index < -0.39 is 0 Å². The van der Waals surface area contributed by atoms with Crippen LogP contribution >= 0.6 is 22.6 Å². The Labute approximate surface area is 149 Å². The zero-order valence-electron chi connectivity index (χ0n) is 14.4. The monoisotopic (exact) mass is 414 g/mol. The molecule has 3 rings (SSSR count). The number of rotatable bonds is 2. The molecular formula is C20H31IO. The minimum absolute atomic E-state index is 0.124. The molecule has 1 nitrogen and oxygen atoms in total. The zero-order valence-corrected chi connectivity index (χ0v) is 16.6. The molecule has 5 atom stereocenters. The van der Waals surface area contributed by atoms with E-state index in [0.29, 0.717) is 10.8 Å². The number of fused-ring (bicyclic) bond motifs is 2. The SMILES string of the molecule is C=CC1(C)CCC2=C(CCC3C(C)(CI)CC(O)CC23C)C1. The third-order valence-corrected chi connectivity index (χ3v) is 8.93. The summed E-state index contributed by atoms with van der Waals surface area (Å²) in [5.41, 5.74) is 4.25. The van der Waals surface area contributed by atoms with Crippen molar-refractivity contribution in [1.82, 2.24) is 0 Å². The lowest BCUT2D eigenvalue weighted by Gasteiger charge is -2.58. The quantitative estimate of drug-likeness (QED) is 0.351. The van der Waals surface area contributed by atoms with Gasteiger partial charge in [-0.25, -0.2) is 0 Å². The Morgan fingerprint density at radius 3 is 2.64 bits per heavy atom. The lowest BCUT2D eigenvalue weighted by molar-refractivity contribution is -0.0587. The summed E-state index contributed by atoms with van der Waals surface area (Å²) in [6, 6.07) is 0. The average molecular weight is 414 g/mol. The van der Waals surface area contributed by atoms with Gasteiger partial charge in [0.15, 0.2) is 0 Å². The Bertz CT molecular complexity index is 510. The molecule has 0 aromatic heterocycles. The van der Waals surface area contributed by atoms with Crippen molar-refractivity contribution in [2.45, 2.75) is 71.8 Å². The van der Waals surface area contributed by atoms with Crippen LogP contribution in [0, 0.1) is 22.2 Å². The molecule has 0 aliphatic heterocycles. The fourth-order valence-corrected chi connectivity index (χ4v) is 6.84. The summed E-state index contributed by atoms with van der Waals surface area (Å²) in [5.74, 6) is 0.743. The van der Waals surface area contributed by atoms with Crippen molar-refractivity contribution in [3.63, 3.8) is 0 Å². The zero-order chi connectivity index (χ0) is 16.2. The minimum atomic E-state index is -0.124. The third kappa shape index (κ3) is 2.53. The van der Waals surface area contributed by atoms with Gasteiger partial charge in [0.05, 0.1) is 6.10 Å². The first-order valence-electron chi connectivity index (χ1n) is 8.85. The van der Waals surface area contributed by atoms with E-state index in [-0.39, 0.29) is 11.5 Å². The summed E-state index contributed by atoms with van der Waals surface area (Å²) in [7, 11) is 0. The van der Waals surface area contributed by atoms with E-state index in [1.165, 1.54) is 32.1 Å². The Morgan fingerprint density at radius 2 is 2.00 bits per heavy atom. The van der Waals surface area contributed by atoms with Crippen LogP contribution in [0.15, 0.2) is 23.8 Å². The molecule has 0 heterocycles. The second-order valence-electron chi connectivity index (χ2n) is 8.98. The molecule has 2 heteroatoms. The molecule has 0 amide bonds. The van der Waals surface area contributed by atoms with Gasteiger partial charge in [-0.05, 0) is 67.1 Å². The molecule has 0 aromatic rings. The maximum Gasteiger partial charge on any atom is 0.0554 e. The molecule has 3 aliphatic carbocycles. The van der Waals surface area contributed by atoms with Crippen LogP contribution in [0.5, 0.6) is 0 Å². The van der Waals surface area contributed by atoms with Gasteiger partial charge in [-0.1, -0.05) is 60.6 Å². The topological polar surface area (TPSA) is 20.2 Å². The molecule has 1 N–H and O–H groups in total. The molecule has 1 fully saturated rings. The predicted octanol–water partition coefficient (Wildman–Crippen LogP) is 5.67. The van der Waals surface area contributed by atoms with Crippen molar-refractivity contribution in [2.75, 3.05) is 4.43 Å². The van der Waals surface area contributed by atoms with Crippen LogP contribution in [0.3, 0.4) is 0 Å². The maximum atomic E-state index is 10.6. The van der Waals surface area contributed by atoms with E-state index in [4.69, 9.17) is 0 Å². The smallest absolute Gasteiger partial charge is 0.0554 e. The molecule has 0 radical (unpaired) electrons. The van der Waals surface area contributed by atoms with Gasteiger partial charge >= 0.3 is 0 Å². The van der Waals surface area contributed by atoms with E-state index in [1.807, 2.05) is 0 Å². The Kier molecular flexibility index (Phi) is 4.34. The molecule has 3 aliphatic rings. The maximum absolute atomic E-state index is 10.6. The lowest BCUT2D eigenvalue weighted by atomic mass is 9.47. The highest BCUT2D eigenvalue weighted by atomic mass is 127. The summed E-state index contributed by atoms with van der Waals surface area (Å²) in [6.45, 7) is 11.3. The molecule has 1 saturated carbocycles. The van der Waals surface area contributed by atoms with Crippen LogP contribution in [0.25, 0.3) is 0 Å². The molecule has 0 bridgehead atoms. The summed E-state index contributed by atoms with van der Waals surface area (Å²) in [6.07, 6.45) is 10.3. The number of hydrogen-bond acceptors (Lipinski definition) is 1. The molecule has 0 aromatic carbocycles. The van der Waals surface area contributed by atoms with Crippen molar-refractivity contribution in [3.8, 4) is 0 Å². The van der Waals surface area contributed by atoms with Crippen LogP contribution < -0.4 is 0 Å². The molecule has 0 saturated heterocycles. The summed E-state index contributed by atoms with van der Waals surface area (Å²) < 4.78 is 1.16. The largest absolute Gasteiger partial charge is 0.393 e. The van der Waals surface area contributed by atoms with Crippen molar-refractivity contribution in [1.29, 1.82) is 0 Å². The first-order chi connectivity index (χ1) is 10.3. The Hall–Kier alpha value is 0.170. The summed E-state index contributed by atoms with van der Waals surface area (Å²) >= 11 is 2.55. The van der Waals surface area contributed by atoms with Gasteiger partial charge in [0.1, 0.15) is 0 Å². The average Bonchev–Trinajstić information content (AvgIpc) is 2.45. The van der Waals surface area contributed by atoms with Crippen LogP contribution in [0.4, 0.5) is 0 Å². The van der Waals surface area contributed by atoms with E-state index in [2.05, 4.69) is 56.0 Å². The second kappa shape index (κ2) is 5.61. The van der Waals surface area contributed by atoms with Crippen LogP contribution in [0.2, 0.25) is 0 Å². The standard InChI is InChI=1S/C20H31IO/c1-5-18(2)9-8-16-14(10-18)6-7-17-19(3,13-21)11-15(22)12-20(16,17)4/h5,15,17,22H,1,6-13H2,2-4H3. The van der Waals surface area contributed by atoms with E-state index in [9.17, 15) is 5.11 Å². The number of hydrogen-bond donors (Lipinski definition) is 1. The van der Waals surface area contributed by atoms with Gasteiger partial charge in [0.25, 0.3) is 0 Å².